The van der Waals surface area contributed by atoms with E-state index in [1.165, 1.54) is 0 Å². The molecule has 0 aromatic rings. The lowest BCUT2D eigenvalue weighted by Crippen LogP contribution is -2.45. The monoisotopic (exact) mass is 308 g/mol. The van der Waals surface area contributed by atoms with Gasteiger partial charge in [0.15, 0.2) is 0 Å². The maximum absolute atomic E-state index is 12.7. The molecule has 3 atom stereocenters. The third-order valence-electron chi connectivity index (χ3n) is 4.67. The predicted octanol–water partition coefficient (Wildman–Crippen LogP) is 3.23. The highest BCUT2D eigenvalue weighted by Gasteiger charge is 2.43. The maximum atomic E-state index is 12.7. The van der Waals surface area contributed by atoms with Crippen LogP contribution in [-0.4, -0.2) is 24.7 Å². The SMILES string of the molecule is CCC(CC)C(N)CNC(=O)C1CCCC(C(F)(F)F)C1. The molecule has 1 aliphatic rings. The van der Waals surface area contributed by atoms with Gasteiger partial charge in [-0.2, -0.15) is 13.2 Å². The third-order valence-corrected chi connectivity index (χ3v) is 4.67. The molecule has 0 radical (unpaired) electrons. The van der Waals surface area contributed by atoms with Crippen molar-refractivity contribution < 1.29 is 18.0 Å². The highest BCUT2D eigenvalue weighted by molar-refractivity contribution is 5.78. The van der Waals surface area contributed by atoms with Crippen LogP contribution in [0.1, 0.15) is 52.4 Å². The van der Waals surface area contributed by atoms with Crippen LogP contribution >= 0.6 is 0 Å². The molecular weight excluding hydrogens is 281 g/mol. The molecule has 1 aliphatic carbocycles. The van der Waals surface area contributed by atoms with Crippen LogP contribution < -0.4 is 11.1 Å². The normalized spacial score (nSPS) is 24.9. The van der Waals surface area contributed by atoms with E-state index in [0.717, 1.165) is 12.8 Å². The molecule has 0 spiro atoms. The number of amides is 1. The largest absolute Gasteiger partial charge is 0.391 e. The summed E-state index contributed by atoms with van der Waals surface area (Å²) >= 11 is 0. The summed E-state index contributed by atoms with van der Waals surface area (Å²) < 4.78 is 38.2. The van der Waals surface area contributed by atoms with Gasteiger partial charge in [0.2, 0.25) is 5.91 Å². The molecule has 3 N–H and O–H groups in total. The highest BCUT2D eigenvalue weighted by atomic mass is 19.4. The van der Waals surface area contributed by atoms with Crippen LogP contribution in [0.3, 0.4) is 0 Å². The van der Waals surface area contributed by atoms with Crippen LogP contribution in [0.25, 0.3) is 0 Å². The van der Waals surface area contributed by atoms with Gasteiger partial charge in [0, 0.05) is 18.5 Å². The molecule has 21 heavy (non-hydrogen) atoms. The molecular formula is C15H27F3N2O. The number of rotatable bonds is 6. The molecule has 0 aliphatic heterocycles. The lowest BCUT2D eigenvalue weighted by molar-refractivity contribution is -0.186. The van der Waals surface area contributed by atoms with Gasteiger partial charge in [-0.1, -0.05) is 33.1 Å². The average Bonchev–Trinajstić information content (AvgIpc) is 2.45. The van der Waals surface area contributed by atoms with Gasteiger partial charge < -0.3 is 11.1 Å². The van der Waals surface area contributed by atoms with E-state index in [9.17, 15) is 18.0 Å². The molecule has 124 valence electrons. The van der Waals surface area contributed by atoms with Gasteiger partial charge in [0.25, 0.3) is 0 Å². The van der Waals surface area contributed by atoms with Crippen LogP contribution in [0.5, 0.6) is 0 Å². The van der Waals surface area contributed by atoms with Gasteiger partial charge in [-0.25, -0.2) is 0 Å². The van der Waals surface area contributed by atoms with Gasteiger partial charge in [-0.15, -0.1) is 0 Å². The maximum Gasteiger partial charge on any atom is 0.391 e. The Hall–Kier alpha value is -0.780. The summed E-state index contributed by atoms with van der Waals surface area (Å²) in [5.74, 6) is -1.81. The van der Waals surface area contributed by atoms with Crippen molar-refractivity contribution in [3.8, 4) is 0 Å². The van der Waals surface area contributed by atoms with E-state index >= 15 is 0 Å². The number of alkyl halides is 3. The molecule has 1 amide bonds. The van der Waals surface area contributed by atoms with Gasteiger partial charge in [-0.3, -0.25) is 4.79 Å². The molecule has 0 aromatic carbocycles. The van der Waals surface area contributed by atoms with E-state index in [0.29, 0.717) is 25.3 Å². The van der Waals surface area contributed by atoms with Crippen molar-refractivity contribution in [1.29, 1.82) is 0 Å². The second kappa shape index (κ2) is 8.01. The van der Waals surface area contributed by atoms with Gasteiger partial charge in [0.1, 0.15) is 0 Å². The zero-order valence-corrected chi connectivity index (χ0v) is 12.9. The molecule has 1 rings (SSSR count). The summed E-state index contributed by atoms with van der Waals surface area (Å²) in [5.41, 5.74) is 6.02. The zero-order valence-electron chi connectivity index (χ0n) is 12.9. The number of hydrogen-bond acceptors (Lipinski definition) is 2. The number of halogens is 3. The zero-order chi connectivity index (χ0) is 16.0. The summed E-state index contributed by atoms with van der Waals surface area (Å²) in [6.45, 7) is 4.44. The fourth-order valence-electron chi connectivity index (χ4n) is 3.15. The number of hydrogen-bond donors (Lipinski definition) is 2. The molecule has 0 bridgehead atoms. The van der Waals surface area contributed by atoms with Crippen molar-refractivity contribution in [2.24, 2.45) is 23.5 Å². The smallest absolute Gasteiger partial charge is 0.354 e. The average molecular weight is 308 g/mol. The number of nitrogens with two attached hydrogens (primary N) is 1. The van der Waals surface area contributed by atoms with E-state index < -0.39 is 18.0 Å². The minimum absolute atomic E-state index is 0.0877. The lowest BCUT2D eigenvalue weighted by Gasteiger charge is -2.30. The number of carbonyl (C=O) groups is 1. The van der Waals surface area contributed by atoms with Gasteiger partial charge in [-0.05, 0) is 25.2 Å². The summed E-state index contributed by atoms with van der Waals surface area (Å²) in [4.78, 5) is 12.0. The minimum Gasteiger partial charge on any atom is -0.354 e. The van der Waals surface area contributed by atoms with Gasteiger partial charge in [0.05, 0.1) is 5.92 Å². The second-order valence-corrected chi connectivity index (χ2v) is 6.09. The summed E-state index contributed by atoms with van der Waals surface area (Å²) in [5, 5.41) is 2.74. The first-order chi connectivity index (χ1) is 9.79. The molecule has 0 saturated heterocycles. The summed E-state index contributed by atoms with van der Waals surface area (Å²) in [6, 6.07) is -0.133. The Morgan fingerprint density at radius 1 is 1.29 bits per heavy atom. The highest BCUT2D eigenvalue weighted by Crippen LogP contribution is 2.39. The third kappa shape index (κ3) is 5.49. The standard InChI is InChI=1S/C15H27F3N2O/c1-3-10(4-2)13(19)9-20-14(21)11-6-5-7-12(8-11)15(16,17)18/h10-13H,3-9,19H2,1-2H3,(H,20,21). The summed E-state index contributed by atoms with van der Waals surface area (Å²) in [7, 11) is 0. The number of nitrogens with one attached hydrogen (secondary N) is 1. The Balaban J connectivity index is 2.45. The lowest BCUT2D eigenvalue weighted by atomic mass is 9.80. The van der Waals surface area contributed by atoms with Crippen LogP contribution in [0, 0.1) is 17.8 Å². The molecule has 1 fully saturated rings. The fraction of sp³-hybridized carbons (Fsp3) is 0.933. The molecule has 1 saturated carbocycles. The van der Waals surface area contributed by atoms with Crippen molar-refractivity contribution in [3.63, 3.8) is 0 Å². The molecule has 3 nitrogen and oxygen atoms in total. The van der Waals surface area contributed by atoms with Crippen molar-refractivity contribution in [2.45, 2.75) is 64.6 Å². The van der Waals surface area contributed by atoms with E-state index in [4.69, 9.17) is 5.73 Å². The van der Waals surface area contributed by atoms with Crippen LogP contribution in [-0.2, 0) is 4.79 Å². The molecule has 6 heteroatoms. The van der Waals surface area contributed by atoms with E-state index in [1.54, 1.807) is 0 Å². The number of carbonyl (C=O) groups excluding carboxylic acids is 1. The van der Waals surface area contributed by atoms with Crippen LogP contribution in [0.2, 0.25) is 0 Å². The quantitative estimate of drug-likeness (QED) is 0.791. The van der Waals surface area contributed by atoms with Crippen molar-refractivity contribution >= 4 is 5.91 Å². The Labute approximate surface area is 124 Å². The minimum atomic E-state index is -4.19. The fourth-order valence-corrected chi connectivity index (χ4v) is 3.15. The van der Waals surface area contributed by atoms with Crippen molar-refractivity contribution in [2.75, 3.05) is 6.54 Å². The van der Waals surface area contributed by atoms with Crippen molar-refractivity contribution in [3.05, 3.63) is 0 Å². The summed E-state index contributed by atoms with van der Waals surface area (Å²) in [6.07, 6.45) is -1.26. The Kier molecular flexibility index (Phi) is 6.97. The Bertz CT molecular complexity index is 329. The van der Waals surface area contributed by atoms with E-state index in [1.807, 2.05) is 13.8 Å². The first-order valence-electron chi connectivity index (χ1n) is 7.89. The first kappa shape index (κ1) is 18.3. The van der Waals surface area contributed by atoms with E-state index in [-0.39, 0.29) is 24.8 Å². The van der Waals surface area contributed by atoms with E-state index in [2.05, 4.69) is 5.32 Å². The Morgan fingerprint density at radius 2 is 1.90 bits per heavy atom. The molecule has 3 unspecified atom stereocenters. The topological polar surface area (TPSA) is 55.1 Å². The van der Waals surface area contributed by atoms with Crippen LogP contribution in [0.4, 0.5) is 13.2 Å². The van der Waals surface area contributed by atoms with Crippen molar-refractivity contribution in [1.82, 2.24) is 5.32 Å². The van der Waals surface area contributed by atoms with Crippen LogP contribution in [0.15, 0.2) is 0 Å². The predicted molar refractivity (Wildman–Crippen MR) is 76.6 cm³/mol. The molecule has 0 heterocycles. The molecule has 0 aromatic heterocycles. The first-order valence-corrected chi connectivity index (χ1v) is 7.89. The van der Waals surface area contributed by atoms with Gasteiger partial charge >= 0.3 is 6.18 Å². The second-order valence-electron chi connectivity index (χ2n) is 6.09. The Morgan fingerprint density at radius 3 is 2.43 bits per heavy atom.